The van der Waals surface area contributed by atoms with Gasteiger partial charge >= 0.3 is 0 Å². The summed E-state index contributed by atoms with van der Waals surface area (Å²) in [4.78, 5) is 4.29. The lowest BCUT2D eigenvalue weighted by molar-refractivity contribution is 0.0709. The number of aliphatic hydroxyl groups excluding tert-OH is 1. The molecule has 0 amide bonds. The van der Waals surface area contributed by atoms with E-state index >= 15 is 0 Å². The van der Waals surface area contributed by atoms with Crippen LogP contribution in [0.15, 0.2) is 4.99 Å². The Morgan fingerprint density at radius 1 is 1.32 bits per heavy atom. The van der Waals surface area contributed by atoms with E-state index in [-0.39, 0.29) is 12.1 Å². The van der Waals surface area contributed by atoms with Crippen molar-refractivity contribution in [3.63, 3.8) is 0 Å². The van der Waals surface area contributed by atoms with Crippen LogP contribution in [-0.2, 0) is 4.74 Å². The number of nitrogens with zero attached hydrogens (tertiary/aromatic N) is 1. The van der Waals surface area contributed by atoms with Gasteiger partial charge in [-0.25, -0.2) is 0 Å². The van der Waals surface area contributed by atoms with Gasteiger partial charge < -0.3 is 15.6 Å². The summed E-state index contributed by atoms with van der Waals surface area (Å²) in [5, 5.41) is 9.81. The minimum atomic E-state index is -0.209. The molecule has 1 rings (SSSR count). The molecule has 1 aliphatic heterocycles. The van der Waals surface area contributed by atoms with Crippen LogP contribution in [0, 0.1) is 0 Å². The zero-order chi connectivity index (χ0) is 13.9. The molecule has 0 saturated carbocycles. The lowest BCUT2D eigenvalue weighted by Crippen LogP contribution is -2.15. The molecule has 0 aromatic rings. The molecule has 0 aliphatic carbocycles. The summed E-state index contributed by atoms with van der Waals surface area (Å²) in [5.41, 5.74) is 5.62. The summed E-state index contributed by atoms with van der Waals surface area (Å²) in [6.45, 7) is 3.49. The Labute approximate surface area is 117 Å². The van der Waals surface area contributed by atoms with E-state index in [0.29, 0.717) is 13.2 Å². The van der Waals surface area contributed by atoms with Crippen LogP contribution in [-0.4, -0.2) is 36.3 Å². The predicted octanol–water partition coefficient (Wildman–Crippen LogP) is 2.63. The average molecular weight is 270 g/mol. The number of hydrogen-bond acceptors (Lipinski definition) is 4. The standard InChI is InChI=1S/C15H30N2O2/c1-2-3-4-5-6-7-14(18)10-11-19-12-13-8-9-15(16)17-13/h13-14,18H,2-12H2,1H3,(H2,16,17). The van der Waals surface area contributed by atoms with Crippen LogP contribution in [0.3, 0.4) is 0 Å². The molecule has 2 unspecified atom stereocenters. The van der Waals surface area contributed by atoms with Crippen molar-refractivity contribution >= 4 is 5.84 Å². The second-order valence-electron chi connectivity index (χ2n) is 5.53. The third-order valence-electron chi connectivity index (χ3n) is 3.63. The largest absolute Gasteiger partial charge is 0.393 e. The minimum absolute atomic E-state index is 0.209. The zero-order valence-corrected chi connectivity index (χ0v) is 12.3. The quantitative estimate of drug-likeness (QED) is 0.567. The van der Waals surface area contributed by atoms with Gasteiger partial charge in [0.2, 0.25) is 0 Å². The van der Waals surface area contributed by atoms with Crippen LogP contribution >= 0.6 is 0 Å². The predicted molar refractivity (Wildman–Crippen MR) is 79.5 cm³/mol. The van der Waals surface area contributed by atoms with Crippen LogP contribution in [0.1, 0.15) is 64.7 Å². The van der Waals surface area contributed by atoms with Crippen molar-refractivity contribution in [3.05, 3.63) is 0 Å². The van der Waals surface area contributed by atoms with Gasteiger partial charge in [0, 0.05) is 13.0 Å². The molecule has 4 heteroatoms. The Hall–Kier alpha value is -0.610. The molecule has 0 spiro atoms. The highest BCUT2D eigenvalue weighted by molar-refractivity contribution is 5.82. The van der Waals surface area contributed by atoms with E-state index in [1.807, 2.05) is 0 Å². The van der Waals surface area contributed by atoms with E-state index in [9.17, 15) is 5.11 Å². The fraction of sp³-hybridized carbons (Fsp3) is 0.933. The highest BCUT2D eigenvalue weighted by Crippen LogP contribution is 2.12. The molecule has 2 atom stereocenters. The third kappa shape index (κ3) is 8.22. The van der Waals surface area contributed by atoms with Gasteiger partial charge in [0.15, 0.2) is 0 Å². The molecule has 3 N–H and O–H groups in total. The molecule has 0 saturated heterocycles. The van der Waals surface area contributed by atoms with Gasteiger partial charge in [-0.2, -0.15) is 0 Å². The topological polar surface area (TPSA) is 67.8 Å². The summed E-state index contributed by atoms with van der Waals surface area (Å²) >= 11 is 0. The molecular formula is C15H30N2O2. The van der Waals surface area contributed by atoms with Crippen LogP contribution in [0.4, 0.5) is 0 Å². The van der Waals surface area contributed by atoms with Crippen LogP contribution in [0.25, 0.3) is 0 Å². The molecule has 0 aromatic heterocycles. The van der Waals surface area contributed by atoms with Gasteiger partial charge in [-0.1, -0.05) is 39.0 Å². The number of nitrogens with two attached hydrogens (primary N) is 1. The summed E-state index contributed by atoms with van der Waals surface area (Å²) in [6, 6.07) is 0.242. The highest BCUT2D eigenvalue weighted by Gasteiger charge is 2.15. The zero-order valence-electron chi connectivity index (χ0n) is 12.3. The van der Waals surface area contributed by atoms with Crippen molar-refractivity contribution < 1.29 is 9.84 Å². The molecule has 0 fully saturated rings. The van der Waals surface area contributed by atoms with Crippen LogP contribution in [0.5, 0.6) is 0 Å². The van der Waals surface area contributed by atoms with Gasteiger partial charge in [-0.05, 0) is 19.3 Å². The van der Waals surface area contributed by atoms with Crippen molar-refractivity contribution in [2.24, 2.45) is 10.7 Å². The molecule has 0 aromatic carbocycles. The number of ether oxygens (including phenoxy) is 1. The summed E-state index contributed by atoms with van der Waals surface area (Å²) in [5.74, 6) is 0.751. The lowest BCUT2D eigenvalue weighted by Gasteiger charge is -2.12. The number of hydrogen-bond donors (Lipinski definition) is 2. The normalized spacial score (nSPS) is 20.5. The fourth-order valence-corrected chi connectivity index (χ4v) is 2.37. The second-order valence-corrected chi connectivity index (χ2v) is 5.53. The third-order valence-corrected chi connectivity index (χ3v) is 3.63. The fourth-order valence-electron chi connectivity index (χ4n) is 2.37. The van der Waals surface area contributed by atoms with Crippen molar-refractivity contribution in [3.8, 4) is 0 Å². The van der Waals surface area contributed by atoms with E-state index in [0.717, 1.165) is 37.9 Å². The molecule has 112 valence electrons. The molecule has 19 heavy (non-hydrogen) atoms. The first-order valence-electron chi connectivity index (χ1n) is 7.80. The first-order valence-corrected chi connectivity index (χ1v) is 7.80. The Kier molecular flexibility index (Phi) is 8.84. The van der Waals surface area contributed by atoms with Gasteiger partial charge in [0.05, 0.1) is 24.6 Å². The number of unbranched alkanes of at least 4 members (excludes halogenated alkanes) is 4. The van der Waals surface area contributed by atoms with Gasteiger partial charge in [-0.3, -0.25) is 4.99 Å². The Morgan fingerprint density at radius 2 is 2.11 bits per heavy atom. The molecular weight excluding hydrogens is 240 g/mol. The number of rotatable bonds is 11. The van der Waals surface area contributed by atoms with Crippen molar-refractivity contribution in [1.29, 1.82) is 0 Å². The summed E-state index contributed by atoms with van der Waals surface area (Å²) in [7, 11) is 0. The Balaban J connectivity index is 1.88. The monoisotopic (exact) mass is 270 g/mol. The van der Waals surface area contributed by atoms with E-state index in [4.69, 9.17) is 10.5 Å². The number of aliphatic hydroxyl groups is 1. The van der Waals surface area contributed by atoms with Crippen molar-refractivity contribution in [2.45, 2.75) is 76.9 Å². The van der Waals surface area contributed by atoms with Crippen molar-refractivity contribution in [2.75, 3.05) is 13.2 Å². The number of amidine groups is 1. The lowest BCUT2D eigenvalue weighted by atomic mass is 10.1. The Morgan fingerprint density at radius 3 is 2.79 bits per heavy atom. The molecule has 0 bridgehead atoms. The highest BCUT2D eigenvalue weighted by atomic mass is 16.5. The molecule has 4 nitrogen and oxygen atoms in total. The van der Waals surface area contributed by atoms with E-state index in [2.05, 4.69) is 11.9 Å². The van der Waals surface area contributed by atoms with Gasteiger partial charge in [0.1, 0.15) is 0 Å². The SMILES string of the molecule is CCCCCCCC(O)CCOCC1CCC(N)=N1. The maximum Gasteiger partial charge on any atom is 0.0942 e. The van der Waals surface area contributed by atoms with Gasteiger partial charge in [-0.15, -0.1) is 0 Å². The average Bonchev–Trinajstić information content (AvgIpc) is 2.80. The van der Waals surface area contributed by atoms with E-state index in [1.54, 1.807) is 0 Å². The summed E-state index contributed by atoms with van der Waals surface area (Å²) in [6.07, 6.45) is 9.57. The Bertz CT molecular complexity index is 257. The first-order chi connectivity index (χ1) is 9.22. The van der Waals surface area contributed by atoms with Crippen molar-refractivity contribution in [1.82, 2.24) is 0 Å². The maximum absolute atomic E-state index is 9.81. The van der Waals surface area contributed by atoms with E-state index < -0.39 is 0 Å². The van der Waals surface area contributed by atoms with Crippen LogP contribution in [0.2, 0.25) is 0 Å². The molecule has 0 radical (unpaired) electrons. The van der Waals surface area contributed by atoms with Crippen LogP contribution < -0.4 is 5.73 Å². The number of aliphatic imine (C=N–C) groups is 1. The molecule has 1 aliphatic rings. The smallest absolute Gasteiger partial charge is 0.0942 e. The first kappa shape index (κ1) is 16.4. The minimum Gasteiger partial charge on any atom is -0.393 e. The summed E-state index contributed by atoms with van der Waals surface area (Å²) < 4.78 is 5.56. The molecule has 1 heterocycles. The maximum atomic E-state index is 9.81. The second kappa shape index (κ2) is 10.2. The van der Waals surface area contributed by atoms with E-state index in [1.165, 1.54) is 25.7 Å². The van der Waals surface area contributed by atoms with Gasteiger partial charge in [0.25, 0.3) is 0 Å².